The van der Waals surface area contributed by atoms with E-state index in [0.717, 1.165) is 6.07 Å². The average Bonchev–Trinajstić information content (AvgIpc) is 2.85. The third-order valence-corrected chi connectivity index (χ3v) is 2.49. The van der Waals surface area contributed by atoms with Gasteiger partial charge in [-0.2, -0.15) is 0 Å². The largest absolute Gasteiger partial charge is 0.340 e. The molecule has 3 aromatic rings. The summed E-state index contributed by atoms with van der Waals surface area (Å²) in [4.78, 5) is 14.4. The smallest absolute Gasteiger partial charge is 0.182 e. The van der Waals surface area contributed by atoms with Crippen LogP contribution in [0.2, 0.25) is 0 Å². The molecule has 0 unspecified atom stereocenters. The Hall–Kier alpha value is -2.64. The molecule has 2 heterocycles. The van der Waals surface area contributed by atoms with Crippen molar-refractivity contribution >= 4 is 22.7 Å². The predicted molar refractivity (Wildman–Crippen MR) is 61.3 cm³/mol. The molecule has 0 saturated heterocycles. The van der Waals surface area contributed by atoms with Crippen molar-refractivity contribution in [3.63, 3.8) is 0 Å². The number of hydrogen-bond donors (Lipinski definition) is 2. The van der Waals surface area contributed by atoms with Gasteiger partial charge in [0.1, 0.15) is 17.7 Å². The zero-order chi connectivity index (χ0) is 13.4. The van der Waals surface area contributed by atoms with Crippen LogP contribution in [0.4, 0.5) is 24.7 Å². The Morgan fingerprint density at radius 1 is 0.947 bits per heavy atom. The number of rotatable bonds is 2. The monoisotopic (exact) mass is 265 g/mol. The van der Waals surface area contributed by atoms with E-state index in [9.17, 15) is 13.2 Å². The van der Waals surface area contributed by atoms with E-state index in [4.69, 9.17) is 0 Å². The van der Waals surface area contributed by atoms with Crippen molar-refractivity contribution in [1.29, 1.82) is 0 Å². The molecular formula is C11H6F3N5. The molecule has 0 bridgehead atoms. The van der Waals surface area contributed by atoms with Gasteiger partial charge in [-0.25, -0.2) is 28.1 Å². The van der Waals surface area contributed by atoms with Gasteiger partial charge in [0.05, 0.1) is 12.0 Å². The van der Waals surface area contributed by atoms with Crippen molar-refractivity contribution in [1.82, 2.24) is 19.9 Å². The van der Waals surface area contributed by atoms with E-state index in [-0.39, 0.29) is 11.5 Å². The quantitative estimate of drug-likeness (QED) is 0.699. The van der Waals surface area contributed by atoms with E-state index in [1.165, 1.54) is 12.7 Å². The van der Waals surface area contributed by atoms with Crippen molar-refractivity contribution in [2.75, 3.05) is 5.32 Å². The molecule has 0 aliphatic heterocycles. The van der Waals surface area contributed by atoms with E-state index in [1.807, 2.05) is 0 Å². The highest BCUT2D eigenvalue weighted by molar-refractivity contribution is 5.84. The molecule has 0 fully saturated rings. The van der Waals surface area contributed by atoms with Crippen LogP contribution < -0.4 is 5.32 Å². The molecule has 0 aliphatic carbocycles. The van der Waals surface area contributed by atoms with E-state index in [2.05, 4.69) is 25.3 Å². The van der Waals surface area contributed by atoms with Gasteiger partial charge in [-0.05, 0) is 0 Å². The molecule has 0 amide bonds. The zero-order valence-corrected chi connectivity index (χ0v) is 9.28. The predicted octanol–water partition coefficient (Wildman–Crippen LogP) is 2.51. The van der Waals surface area contributed by atoms with Gasteiger partial charge in [0, 0.05) is 12.1 Å². The lowest BCUT2D eigenvalue weighted by Crippen LogP contribution is -2.00. The average molecular weight is 265 g/mol. The minimum atomic E-state index is -1.25. The highest BCUT2D eigenvalue weighted by Gasteiger charge is 2.12. The fourth-order valence-corrected chi connectivity index (χ4v) is 1.61. The fourth-order valence-electron chi connectivity index (χ4n) is 1.61. The van der Waals surface area contributed by atoms with Crippen LogP contribution in [0.5, 0.6) is 0 Å². The van der Waals surface area contributed by atoms with E-state index >= 15 is 0 Å². The van der Waals surface area contributed by atoms with Gasteiger partial charge in [0.15, 0.2) is 23.1 Å². The Labute approximate surface area is 104 Å². The molecule has 0 atom stereocenters. The summed E-state index contributed by atoms with van der Waals surface area (Å²) in [7, 11) is 0. The van der Waals surface area contributed by atoms with Gasteiger partial charge in [0.2, 0.25) is 0 Å². The third kappa shape index (κ3) is 1.96. The maximum absolute atomic E-state index is 13.5. The number of imidazole rings is 1. The second-order valence-corrected chi connectivity index (χ2v) is 3.69. The Balaban J connectivity index is 2.06. The lowest BCUT2D eigenvalue weighted by molar-refractivity contribution is 0.496. The number of hydrogen-bond acceptors (Lipinski definition) is 4. The first-order valence-corrected chi connectivity index (χ1v) is 5.21. The van der Waals surface area contributed by atoms with Crippen LogP contribution in [0.25, 0.3) is 11.2 Å². The molecule has 2 N–H and O–H groups in total. The van der Waals surface area contributed by atoms with Gasteiger partial charge in [-0.15, -0.1) is 0 Å². The van der Waals surface area contributed by atoms with Crippen molar-refractivity contribution in [2.24, 2.45) is 0 Å². The number of benzene rings is 1. The number of H-pyrrole nitrogens is 1. The normalized spacial score (nSPS) is 10.9. The van der Waals surface area contributed by atoms with Crippen LogP contribution in [-0.2, 0) is 0 Å². The number of nitrogens with one attached hydrogen (secondary N) is 2. The summed E-state index contributed by atoms with van der Waals surface area (Å²) in [6.45, 7) is 0. The maximum Gasteiger partial charge on any atom is 0.182 e. The van der Waals surface area contributed by atoms with Crippen LogP contribution in [0.1, 0.15) is 0 Å². The van der Waals surface area contributed by atoms with Gasteiger partial charge < -0.3 is 10.3 Å². The number of aromatic amines is 1. The molecule has 1 aromatic carbocycles. The minimum absolute atomic E-state index is 0.215. The first-order chi connectivity index (χ1) is 9.15. The fraction of sp³-hybridized carbons (Fsp3) is 0. The van der Waals surface area contributed by atoms with Gasteiger partial charge in [-0.1, -0.05) is 0 Å². The van der Waals surface area contributed by atoms with Gasteiger partial charge in [0.25, 0.3) is 0 Å². The Bertz CT molecular complexity index is 755. The van der Waals surface area contributed by atoms with Crippen LogP contribution >= 0.6 is 0 Å². The SMILES string of the molecule is Fc1cc(F)c(Nc2ncnc3nc[nH]c23)cc1F. The molecule has 19 heavy (non-hydrogen) atoms. The lowest BCUT2D eigenvalue weighted by atomic mass is 10.2. The summed E-state index contributed by atoms with van der Waals surface area (Å²) in [5.74, 6) is -3.12. The molecule has 0 spiro atoms. The minimum Gasteiger partial charge on any atom is -0.340 e. The highest BCUT2D eigenvalue weighted by Crippen LogP contribution is 2.24. The highest BCUT2D eigenvalue weighted by atomic mass is 19.2. The molecule has 0 radical (unpaired) electrons. The van der Waals surface area contributed by atoms with E-state index in [1.54, 1.807) is 0 Å². The topological polar surface area (TPSA) is 66.5 Å². The number of nitrogens with zero attached hydrogens (tertiary/aromatic N) is 3. The number of anilines is 2. The van der Waals surface area contributed by atoms with E-state index in [0.29, 0.717) is 17.2 Å². The number of aromatic nitrogens is 4. The second-order valence-electron chi connectivity index (χ2n) is 3.69. The Morgan fingerprint density at radius 2 is 1.74 bits per heavy atom. The molecular weight excluding hydrogens is 259 g/mol. The molecule has 5 nitrogen and oxygen atoms in total. The molecule has 0 aliphatic rings. The molecule has 0 saturated carbocycles. The van der Waals surface area contributed by atoms with E-state index < -0.39 is 17.5 Å². The number of halogens is 3. The standard InChI is InChI=1S/C11H6F3N5/c12-5-1-7(14)8(2-6(5)13)19-11-9-10(16-3-15-9)17-4-18-11/h1-4H,(H2,15,16,17,18,19). The molecule has 96 valence electrons. The number of fused-ring (bicyclic) bond motifs is 1. The van der Waals surface area contributed by atoms with Gasteiger partial charge >= 0.3 is 0 Å². The van der Waals surface area contributed by atoms with Crippen LogP contribution in [0.15, 0.2) is 24.8 Å². The van der Waals surface area contributed by atoms with Crippen molar-refractivity contribution in [3.8, 4) is 0 Å². The van der Waals surface area contributed by atoms with Crippen LogP contribution in [0, 0.1) is 17.5 Å². The van der Waals surface area contributed by atoms with Crippen molar-refractivity contribution < 1.29 is 13.2 Å². The first kappa shape index (κ1) is 11.5. The first-order valence-electron chi connectivity index (χ1n) is 5.21. The Kier molecular flexibility index (Phi) is 2.55. The summed E-state index contributed by atoms with van der Waals surface area (Å²) < 4.78 is 39.4. The summed E-state index contributed by atoms with van der Waals surface area (Å²) >= 11 is 0. The molecule has 8 heteroatoms. The second kappa shape index (κ2) is 4.23. The zero-order valence-electron chi connectivity index (χ0n) is 9.28. The van der Waals surface area contributed by atoms with Crippen molar-refractivity contribution in [2.45, 2.75) is 0 Å². The van der Waals surface area contributed by atoms with Crippen LogP contribution in [-0.4, -0.2) is 19.9 Å². The summed E-state index contributed by atoms with van der Waals surface area (Å²) in [6.07, 6.45) is 2.62. The van der Waals surface area contributed by atoms with Crippen LogP contribution in [0.3, 0.4) is 0 Å². The maximum atomic E-state index is 13.5. The van der Waals surface area contributed by atoms with Gasteiger partial charge in [-0.3, -0.25) is 0 Å². The molecule has 2 aromatic heterocycles. The Morgan fingerprint density at radius 3 is 2.58 bits per heavy atom. The summed E-state index contributed by atoms with van der Waals surface area (Å²) in [5, 5.41) is 2.57. The van der Waals surface area contributed by atoms with Crippen molar-refractivity contribution in [3.05, 3.63) is 42.2 Å². The third-order valence-electron chi connectivity index (χ3n) is 2.49. The summed E-state index contributed by atoms with van der Waals surface area (Å²) in [5.41, 5.74) is 0.584. The lowest BCUT2D eigenvalue weighted by Gasteiger charge is -2.07. The molecule has 3 rings (SSSR count). The summed E-state index contributed by atoms with van der Waals surface area (Å²) in [6, 6.07) is 1.18.